The van der Waals surface area contributed by atoms with Crippen LogP contribution in [0.5, 0.6) is 0 Å². The number of ether oxygens (including phenoxy) is 1. The molecule has 1 atom stereocenters. The van der Waals surface area contributed by atoms with Crippen LogP contribution in [0.25, 0.3) is 0 Å². The zero-order valence-corrected chi connectivity index (χ0v) is 7.56. The first-order chi connectivity index (χ1) is 6.15. The monoisotopic (exact) mass is 184 g/mol. The van der Waals surface area contributed by atoms with Crippen molar-refractivity contribution < 1.29 is 19.6 Å². The van der Waals surface area contributed by atoms with E-state index in [-0.39, 0.29) is 11.9 Å². The summed E-state index contributed by atoms with van der Waals surface area (Å²) in [5.41, 5.74) is 0.597. The Morgan fingerprint density at radius 2 is 2.38 bits per heavy atom. The molecule has 13 heavy (non-hydrogen) atoms. The van der Waals surface area contributed by atoms with Crippen molar-refractivity contribution in [2.45, 2.75) is 19.3 Å². The van der Waals surface area contributed by atoms with E-state index < -0.39 is 7.12 Å². The van der Waals surface area contributed by atoms with Crippen LogP contribution in [-0.4, -0.2) is 30.2 Å². The largest absolute Gasteiger partial charge is 0.483 e. The Morgan fingerprint density at radius 1 is 1.69 bits per heavy atom. The molecule has 4 nitrogen and oxygen atoms in total. The van der Waals surface area contributed by atoms with Crippen molar-refractivity contribution in [2.75, 3.05) is 7.11 Å². The predicted octanol–water partition coefficient (Wildman–Crippen LogP) is -0.102. The van der Waals surface area contributed by atoms with Crippen molar-refractivity contribution in [3.8, 4) is 0 Å². The average Bonchev–Trinajstić information content (AvgIpc) is 2.17. The number of allylic oxidation sites excluding steroid dienone is 2. The SMILES string of the molecule is COC(=O)C1CC=C(B(O)O)CC1. The van der Waals surface area contributed by atoms with Crippen molar-refractivity contribution in [2.24, 2.45) is 5.92 Å². The van der Waals surface area contributed by atoms with Gasteiger partial charge in [-0.1, -0.05) is 6.08 Å². The van der Waals surface area contributed by atoms with E-state index in [0.29, 0.717) is 24.7 Å². The molecule has 1 unspecified atom stereocenters. The van der Waals surface area contributed by atoms with E-state index >= 15 is 0 Å². The lowest BCUT2D eigenvalue weighted by atomic mass is 9.71. The number of esters is 1. The predicted molar refractivity (Wildman–Crippen MR) is 47.6 cm³/mol. The van der Waals surface area contributed by atoms with E-state index in [1.165, 1.54) is 7.11 Å². The number of carbonyl (C=O) groups is 1. The van der Waals surface area contributed by atoms with Crippen LogP contribution in [0.15, 0.2) is 11.5 Å². The van der Waals surface area contributed by atoms with Crippen LogP contribution in [-0.2, 0) is 9.53 Å². The molecule has 0 spiro atoms. The van der Waals surface area contributed by atoms with Crippen LogP contribution >= 0.6 is 0 Å². The van der Waals surface area contributed by atoms with Gasteiger partial charge >= 0.3 is 13.1 Å². The first-order valence-corrected chi connectivity index (χ1v) is 4.28. The fourth-order valence-corrected chi connectivity index (χ4v) is 1.47. The summed E-state index contributed by atoms with van der Waals surface area (Å²) in [6.07, 6.45) is 3.43. The van der Waals surface area contributed by atoms with E-state index in [2.05, 4.69) is 4.74 Å². The van der Waals surface area contributed by atoms with Gasteiger partial charge in [-0.15, -0.1) is 0 Å². The molecule has 0 bridgehead atoms. The van der Waals surface area contributed by atoms with Crippen LogP contribution in [0.1, 0.15) is 19.3 Å². The second-order valence-corrected chi connectivity index (χ2v) is 3.15. The first-order valence-electron chi connectivity index (χ1n) is 4.28. The molecule has 0 fully saturated rings. The van der Waals surface area contributed by atoms with E-state index in [9.17, 15) is 4.79 Å². The number of hydrogen-bond donors (Lipinski definition) is 2. The summed E-state index contributed by atoms with van der Waals surface area (Å²) < 4.78 is 4.59. The Hall–Kier alpha value is -0.805. The molecule has 1 aliphatic carbocycles. The highest BCUT2D eigenvalue weighted by atomic mass is 16.5. The summed E-state index contributed by atoms with van der Waals surface area (Å²) >= 11 is 0. The fourth-order valence-electron chi connectivity index (χ4n) is 1.47. The summed E-state index contributed by atoms with van der Waals surface area (Å²) in [5.74, 6) is -0.338. The first kappa shape index (κ1) is 10.3. The quantitative estimate of drug-likeness (QED) is 0.464. The van der Waals surface area contributed by atoms with Gasteiger partial charge in [0.2, 0.25) is 0 Å². The van der Waals surface area contributed by atoms with Crippen LogP contribution in [0.3, 0.4) is 0 Å². The second kappa shape index (κ2) is 4.44. The van der Waals surface area contributed by atoms with Gasteiger partial charge in [-0.2, -0.15) is 0 Å². The molecule has 0 amide bonds. The minimum Gasteiger partial charge on any atom is -0.469 e. The number of carbonyl (C=O) groups excluding carboxylic acids is 1. The van der Waals surface area contributed by atoms with E-state index in [1.807, 2.05) is 0 Å². The van der Waals surface area contributed by atoms with Gasteiger partial charge in [-0.25, -0.2) is 0 Å². The topological polar surface area (TPSA) is 66.8 Å². The zero-order valence-electron chi connectivity index (χ0n) is 7.56. The van der Waals surface area contributed by atoms with Gasteiger partial charge in [0, 0.05) is 0 Å². The Morgan fingerprint density at radius 3 is 2.77 bits per heavy atom. The van der Waals surface area contributed by atoms with Crippen molar-refractivity contribution in [3.05, 3.63) is 11.5 Å². The molecule has 0 aromatic carbocycles. The Kier molecular flexibility index (Phi) is 3.51. The van der Waals surface area contributed by atoms with Crippen LogP contribution in [0, 0.1) is 5.92 Å². The standard InChI is InChI=1S/C8H13BO4/c1-13-8(10)6-2-4-7(5-3-6)9(11)12/h4,6,11-12H,2-3,5H2,1H3. The highest BCUT2D eigenvalue weighted by Gasteiger charge is 2.25. The molecule has 1 rings (SSSR count). The lowest BCUT2D eigenvalue weighted by Crippen LogP contribution is -2.23. The maximum atomic E-state index is 11.1. The maximum absolute atomic E-state index is 11.1. The smallest absolute Gasteiger partial charge is 0.469 e. The summed E-state index contributed by atoms with van der Waals surface area (Å²) in [6.45, 7) is 0. The van der Waals surface area contributed by atoms with E-state index in [4.69, 9.17) is 10.0 Å². The number of hydrogen-bond acceptors (Lipinski definition) is 4. The molecule has 0 aromatic heterocycles. The Balaban J connectivity index is 2.51. The molecule has 0 aliphatic heterocycles. The Bertz CT molecular complexity index is 224. The van der Waals surface area contributed by atoms with Crippen LogP contribution in [0.4, 0.5) is 0 Å². The molecule has 0 radical (unpaired) electrons. The molecule has 0 saturated heterocycles. The minimum absolute atomic E-state index is 0.118. The molecule has 72 valence electrons. The average molecular weight is 184 g/mol. The van der Waals surface area contributed by atoms with Crippen LogP contribution < -0.4 is 0 Å². The maximum Gasteiger partial charge on any atom is 0.483 e. The van der Waals surface area contributed by atoms with E-state index in [0.717, 1.165) is 0 Å². The van der Waals surface area contributed by atoms with Crippen molar-refractivity contribution >= 4 is 13.1 Å². The van der Waals surface area contributed by atoms with Gasteiger partial charge < -0.3 is 14.8 Å². The van der Waals surface area contributed by atoms with Crippen molar-refractivity contribution in [1.82, 2.24) is 0 Å². The highest BCUT2D eigenvalue weighted by molar-refractivity contribution is 6.50. The summed E-state index contributed by atoms with van der Waals surface area (Å²) in [4.78, 5) is 11.1. The lowest BCUT2D eigenvalue weighted by Gasteiger charge is -2.19. The molecule has 0 heterocycles. The van der Waals surface area contributed by atoms with E-state index in [1.54, 1.807) is 6.08 Å². The van der Waals surface area contributed by atoms with Gasteiger partial charge in [-0.3, -0.25) is 4.79 Å². The van der Waals surface area contributed by atoms with Gasteiger partial charge in [0.05, 0.1) is 13.0 Å². The highest BCUT2D eigenvalue weighted by Crippen LogP contribution is 2.24. The third-order valence-electron chi connectivity index (χ3n) is 2.31. The normalized spacial score (nSPS) is 22.1. The van der Waals surface area contributed by atoms with Gasteiger partial charge in [0.15, 0.2) is 0 Å². The molecular weight excluding hydrogens is 171 g/mol. The van der Waals surface area contributed by atoms with Crippen molar-refractivity contribution in [3.63, 3.8) is 0 Å². The molecule has 1 aliphatic rings. The zero-order chi connectivity index (χ0) is 9.84. The van der Waals surface area contributed by atoms with Gasteiger partial charge in [-0.05, 0) is 24.7 Å². The van der Waals surface area contributed by atoms with Gasteiger partial charge in [0.1, 0.15) is 0 Å². The molecule has 0 saturated carbocycles. The number of methoxy groups -OCH3 is 1. The lowest BCUT2D eigenvalue weighted by molar-refractivity contribution is -0.145. The van der Waals surface area contributed by atoms with Gasteiger partial charge in [0.25, 0.3) is 0 Å². The summed E-state index contributed by atoms with van der Waals surface area (Å²) in [6, 6.07) is 0. The molecular formula is C8H13BO4. The molecule has 0 aromatic rings. The number of rotatable bonds is 2. The van der Waals surface area contributed by atoms with Crippen molar-refractivity contribution in [1.29, 1.82) is 0 Å². The second-order valence-electron chi connectivity index (χ2n) is 3.15. The third kappa shape index (κ3) is 2.57. The fraction of sp³-hybridized carbons (Fsp3) is 0.625. The molecule has 2 N–H and O–H groups in total. The van der Waals surface area contributed by atoms with Crippen LogP contribution in [0.2, 0.25) is 0 Å². The summed E-state index contributed by atoms with van der Waals surface area (Å²) in [7, 11) is -0.0128. The Labute approximate surface area is 77.4 Å². The summed E-state index contributed by atoms with van der Waals surface area (Å²) in [5, 5.41) is 17.7. The molecule has 5 heteroatoms. The third-order valence-corrected chi connectivity index (χ3v) is 2.31. The minimum atomic E-state index is -1.38.